The van der Waals surface area contributed by atoms with E-state index in [-0.39, 0.29) is 49.0 Å². The molecule has 1 saturated heterocycles. The van der Waals surface area contributed by atoms with Gasteiger partial charge in [-0.2, -0.15) is 18.2 Å². The SMILES string of the molecule is O=C(CSCC(=O)N1CCOC(COc2ccnc(C(F)(F)F)n2)C1)NCc1ccncc1. The Morgan fingerprint density at radius 3 is 2.76 bits per heavy atom. The number of carbonyl (C=O) groups is 2. The van der Waals surface area contributed by atoms with Gasteiger partial charge in [0, 0.05) is 37.7 Å². The molecule has 1 atom stereocenters. The first kappa shape index (κ1) is 24.7. The number of hydrogen-bond donors (Lipinski definition) is 1. The molecule has 0 radical (unpaired) electrons. The van der Waals surface area contributed by atoms with Crippen LogP contribution in [0.4, 0.5) is 13.2 Å². The van der Waals surface area contributed by atoms with Gasteiger partial charge in [0.25, 0.3) is 0 Å². The minimum Gasteiger partial charge on any atom is -0.475 e. The molecule has 178 valence electrons. The van der Waals surface area contributed by atoms with Crippen molar-refractivity contribution in [3.8, 4) is 5.88 Å². The average molecular weight is 485 g/mol. The summed E-state index contributed by atoms with van der Waals surface area (Å²) in [5.74, 6) is -1.58. The molecule has 0 aromatic carbocycles. The van der Waals surface area contributed by atoms with Crippen molar-refractivity contribution in [3.05, 3.63) is 48.2 Å². The Labute approximate surface area is 192 Å². The standard InChI is InChI=1S/C20H22F3N5O4S/c21-20(22,23)19-25-6-3-17(27-19)32-11-15-10-28(7-8-31-15)18(30)13-33-12-16(29)26-9-14-1-4-24-5-2-14/h1-6,15H,7-13H2,(H,26,29). The van der Waals surface area contributed by atoms with Crippen molar-refractivity contribution in [1.29, 1.82) is 0 Å². The summed E-state index contributed by atoms with van der Waals surface area (Å²) in [6.07, 6.45) is -0.933. The largest absolute Gasteiger partial charge is 0.475 e. The quantitative estimate of drug-likeness (QED) is 0.570. The fourth-order valence-electron chi connectivity index (χ4n) is 2.86. The van der Waals surface area contributed by atoms with E-state index in [0.29, 0.717) is 13.1 Å². The van der Waals surface area contributed by atoms with Gasteiger partial charge in [-0.3, -0.25) is 14.6 Å². The predicted molar refractivity (Wildman–Crippen MR) is 112 cm³/mol. The topological polar surface area (TPSA) is 107 Å². The Balaban J connectivity index is 1.37. The Kier molecular flexibility index (Phi) is 8.83. The van der Waals surface area contributed by atoms with E-state index in [2.05, 4.69) is 20.3 Å². The van der Waals surface area contributed by atoms with Gasteiger partial charge in [-0.25, -0.2) is 4.98 Å². The first-order valence-electron chi connectivity index (χ1n) is 9.97. The first-order chi connectivity index (χ1) is 15.8. The fourth-order valence-corrected chi connectivity index (χ4v) is 3.61. The second-order valence-electron chi connectivity index (χ2n) is 6.98. The molecular formula is C20H22F3N5O4S. The number of thioether (sulfide) groups is 1. The van der Waals surface area contributed by atoms with Crippen molar-refractivity contribution in [2.45, 2.75) is 18.8 Å². The zero-order valence-corrected chi connectivity index (χ0v) is 18.3. The van der Waals surface area contributed by atoms with Crippen molar-refractivity contribution in [2.24, 2.45) is 0 Å². The number of rotatable bonds is 9. The van der Waals surface area contributed by atoms with Gasteiger partial charge in [0.2, 0.25) is 23.5 Å². The highest BCUT2D eigenvalue weighted by atomic mass is 32.2. The van der Waals surface area contributed by atoms with Crippen LogP contribution in [0.3, 0.4) is 0 Å². The maximum atomic E-state index is 12.7. The molecule has 33 heavy (non-hydrogen) atoms. The monoisotopic (exact) mass is 485 g/mol. The molecule has 1 fully saturated rings. The molecule has 0 bridgehead atoms. The number of carbonyl (C=O) groups excluding carboxylic acids is 2. The van der Waals surface area contributed by atoms with Gasteiger partial charge in [-0.1, -0.05) is 0 Å². The normalized spacial score (nSPS) is 16.3. The molecule has 0 aliphatic carbocycles. The van der Waals surface area contributed by atoms with Crippen LogP contribution < -0.4 is 10.1 Å². The van der Waals surface area contributed by atoms with Gasteiger partial charge in [-0.15, -0.1) is 11.8 Å². The van der Waals surface area contributed by atoms with Crippen molar-refractivity contribution in [2.75, 3.05) is 37.8 Å². The minimum absolute atomic E-state index is 0.0668. The molecule has 2 amide bonds. The number of hydrogen-bond acceptors (Lipinski definition) is 8. The smallest absolute Gasteiger partial charge is 0.451 e. The van der Waals surface area contributed by atoms with Crippen LogP contribution in [0.2, 0.25) is 0 Å². The minimum atomic E-state index is -4.67. The fraction of sp³-hybridized carbons (Fsp3) is 0.450. The highest BCUT2D eigenvalue weighted by Crippen LogP contribution is 2.26. The molecule has 1 aliphatic heterocycles. The van der Waals surface area contributed by atoms with Crippen LogP contribution in [0.5, 0.6) is 5.88 Å². The number of nitrogens with one attached hydrogen (secondary N) is 1. The summed E-state index contributed by atoms with van der Waals surface area (Å²) in [7, 11) is 0. The lowest BCUT2D eigenvalue weighted by Crippen LogP contribution is -2.48. The molecule has 2 aromatic heterocycles. The number of halogens is 3. The van der Waals surface area contributed by atoms with Gasteiger partial charge in [-0.05, 0) is 17.7 Å². The lowest BCUT2D eigenvalue weighted by Gasteiger charge is -2.32. The second kappa shape index (κ2) is 11.8. The maximum Gasteiger partial charge on any atom is 0.451 e. The van der Waals surface area contributed by atoms with Crippen LogP contribution in [0.15, 0.2) is 36.8 Å². The van der Waals surface area contributed by atoms with E-state index >= 15 is 0 Å². The van der Waals surface area contributed by atoms with E-state index in [1.165, 1.54) is 17.8 Å². The van der Waals surface area contributed by atoms with Gasteiger partial charge in [0.1, 0.15) is 12.7 Å². The Morgan fingerprint density at radius 2 is 2.00 bits per heavy atom. The lowest BCUT2D eigenvalue weighted by molar-refractivity contribution is -0.145. The number of ether oxygens (including phenoxy) is 2. The lowest BCUT2D eigenvalue weighted by atomic mass is 10.3. The predicted octanol–water partition coefficient (Wildman–Crippen LogP) is 1.55. The summed E-state index contributed by atoms with van der Waals surface area (Å²) in [4.78, 5) is 36.4. The van der Waals surface area contributed by atoms with Gasteiger partial charge in [0.15, 0.2) is 0 Å². The zero-order chi connectivity index (χ0) is 23.7. The molecule has 3 rings (SSSR count). The van der Waals surface area contributed by atoms with Crippen LogP contribution in [0.1, 0.15) is 11.4 Å². The van der Waals surface area contributed by atoms with Crippen LogP contribution >= 0.6 is 11.8 Å². The van der Waals surface area contributed by atoms with Gasteiger partial charge < -0.3 is 19.7 Å². The van der Waals surface area contributed by atoms with Crippen molar-refractivity contribution < 1.29 is 32.2 Å². The number of amides is 2. The van der Waals surface area contributed by atoms with Crippen LogP contribution in [-0.4, -0.2) is 75.6 Å². The van der Waals surface area contributed by atoms with Crippen molar-refractivity contribution in [3.63, 3.8) is 0 Å². The third-order valence-electron chi connectivity index (χ3n) is 4.49. The van der Waals surface area contributed by atoms with E-state index in [9.17, 15) is 22.8 Å². The molecule has 0 saturated carbocycles. The number of morpholine rings is 1. The van der Waals surface area contributed by atoms with E-state index < -0.39 is 18.1 Å². The number of pyridine rings is 1. The molecule has 1 unspecified atom stereocenters. The van der Waals surface area contributed by atoms with E-state index in [1.54, 1.807) is 29.4 Å². The van der Waals surface area contributed by atoms with Crippen LogP contribution in [0, 0.1) is 0 Å². The van der Waals surface area contributed by atoms with Crippen molar-refractivity contribution >= 4 is 23.6 Å². The summed E-state index contributed by atoms with van der Waals surface area (Å²) in [5.41, 5.74) is 0.928. The van der Waals surface area contributed by atoms with E-state index in [1.807, 2.05) is 0 Å². The van der Waals surface area contributed by atoms with Crippen LogP contribution in [-0.2, 0) is 27.0 Å². The molecule has 2 aromatic rings. The highest BCUT2D eigenvalue weighted by molar-refractivity contribution is 8.00. The van der Waals surface area contributed by atoms with E-state index in [0.717, 1.165) is 11.8 Å². The summed E-state index contributed by atoms with van der Waals surface area (Å²) in [6.45, 7) is 1.20. The molecular weight excluding hydrogens is 463 g/mol. The highest BCUT2D eigenvalue weighted by Gasteiger charge is 2.35. The third-order valence-corrected chi connectivity index (χ3v) is 5.41. The molecule has 3 heterocycles. The number of nitrogens with zero attached hydrogens (tertiary/aromatic N) is 4. The van der Waals surface area contributed by atoms with Crippen LogP contribution in [0.25, 0.3) is 0 Å². The molecule has 1 aliphatic rings. The number of alkyl halides is 3. The Hall–Kier alpha value is -2.93. The van der Waals surface area contributed by atoms with Gasteiger partial charge >= 0.3 is 6.18 Å². The molecule has 13 heteroatoms. The molecule has 1 N–H and O–H groups in total. The second-order valence-corrected chi connectivity index (χ2v) is 7.97. The summed E-state index contributed by atoms with van der Waals surface area (Å²) in [5, 5.41) is 2.78. The zero-order valence-electron chi connectivity index (χ0n) is 17.5. The Bertz CT molecular complexity index is 935. The van der Waals surface area contributed by atoms with Crippen molar-refractivity contribution in [1.82, 2.24) is 25.2 Å². The summed E-state index contributed by atoms with van der Waals surface area (Å²) in [6, 6.07) is 4.82. The number of aromatic nitrogens is 3. The maximum absolute atomic E-state index is 12.7. The summed E-state index contributed by atoms with van der Waals surface area (Å²) < 4.78 is 48.9. The van der Waals surface area contributed by atoms with Gasteiger partial charge in [0.05, 0.1) is 24.7 Å². The molecule has 9 nitrogen and oxygen atoms in total. The summed E-state index contributed by atoms with van der Waals surface area (Å²) >= 11 is 1.20. The third kappa shape index (κ3) is 8.17. The Morgan fingerprint density at radius 1 is 1.21 bits per heavy atom. The average Bonchev–Trinajstić information content (AvgIpc) is 2.82. The van der Waals surface area contributed by atoms with E-state index in [4.69, 9.17) is 9.47 Å². The molecule has 0 spiro atoms. The first-order valence-corrected chi connectivity index (χ1v) is 11.1.